The highest BCUT2D eigenvalue weighted by Gasteiger charge is 2.27. The predicted octanol–water partition coefficient (Wildman–Crippen LogP) is 5.52. The van der Waals surface area contributed by atoms with Crippen LogP contribution in [-0.4, -0.2) is 48.0 Å². The molecule has 0 radical (unpaired) electrons. The fraction of sp³-hybridized carbons (Fsp3) is 0.179. The number of anilines is 2. The van der Waals surface area contributed by atoms with Crippen molar-refractivity contribution in [3.8, 4) is 11.3 Å². The van der Waals surface area contributed by atoms with Crippen LogP contribution in [0.1, 0.15) is 26.5 Å². The summed E-state index contributed by atoms with van der Waals surface area (Å²) in [5, 5.41) is 7.43. The van der Waals surface area contributed by atoms with Gasteiger partial charge in [0.15, 0.2) is 0 Å². The molecule has 3 aromatic carbocycles. The van der Waals surface area contributed by atoms with E-state index in [1.165, 1.54) is 0 Å². The summed E-state index contributed by atoms with van der Waals surface area (Å²) >= 11 is 6.34. The molecule has 0 unspecified atom stereocenters. The van der Waals surface area contributed by atoms with Gasteiger partial charge in [0.2, 0.25) is 0 Å². The van der Waals surface area contributed by atoms with Crippen molar-refractivity contribution in [3.63, 3.8) is 0 Å². The third-order valence-electron chi connectivity index (χ3n) is 6.31. The number of nitrogens with zero attached hydrogens (tertiary/aromatic N) is 3. The number of aromatic nitrogens is 1. The van der Waals surface area contributed by atoms with E-state index in [4.69, 9.17) is 16.1 Å². The molecule has 0 aliphatic carbocycles. The van der Waals surface area contributed by atoms with Gasteiger partial charge in [-0.25, -0.2) is 0 Å². The van der Waals surface area contributed by atoms with Crippen LogP contribution >= 0.6 is 11.6 Å². The number of piperazine rings is 1. The number of carbonyl (C=O) groups is 2. The Balaban J connectivity index is 1.34. The molecule has 1 aliphatic rings. The molecule has 1 N–H and O–H groups in total. The zero-order chi connectivity index (χ0) is 25.1. The van der Waals surface area contributed by atoms with Crippen LogP contribution < -0.4 is 10.2 Å². The van der Waals surface area contributed by atoms with Gasteiger partial charge in [-0.2, -0.15) is 0 Å². The summed E-state index contributed by atoms with van der Waals surface area (Å²) in [6.07, 6.45) is 0. The average Bonchev–Trinajstić information content (AvgIpc) is 3.30. The van der Waals surface area contributed by atoms with Gasteiger partial charge < -0.3 is 19.6 Å². The largest absolute Gasteiger partial charge is 0.368 e. The lowest BCUT2D eigenvalue weighted by Crippen LogP contribution is -2.48. The van der Waals surface area contributed by atoms with Gasteiger partial charge in [0.25, 0.3) is 11.8 Å². The third kappa shape index (κ3) is 4.70. The summed E-state index contributed by atoms with van der Waals surface area (Å²) in [5.41, 5.74) is 3.26. The first-order valence-corrected chi connectivity index (χ1v) is 12.1. The Morgan fingerprint density at radius 3 is 2.31 bits per heavy atom. The van der Waals surface area contributed by atoms with E-state index in [2.05, 4.69) is 27.5 Å². The van der Waals surface area contributed by atoms with E-state index in [1.54, 1.807) is 49.4 Å². The molecule has 36 heavy (non-hydrogen) atoms. The molecule has 1 fully saturated rings. The molecule has 2 heterocycles. The predicted molar refractivity (Wildman–Crippen MR) is 141 cm³/mol. The SMILES string of the molecule is Cc1onc(-c2ccccc2Cl)c1C(=O)Nc1ccccc1C(=O)N1CCN(c2ccccc2)CC1. The molecule has 1 aromatic heterocycles. The fourth-order valence-electron chi connectivity index (χ4n) is 4.42. The molecule has 0 spiro atoms. The maximum absolute atomic E-state index is 13.4. The summed E-state index contributed by atoms with van der Waals surface area (Å²) in [6, 6.07) is 24.3. The van der Waals surface area contributed by atoms with E-state index < -0.39 is 5.91 Å². The summed E-state index contributed by atoms with van der Waals surface area (Å²) in [6.45, 7) is 4.34. The van der Waals surface area contributed by atoms with Gasteiger partial charge in [0, 0.05) is 37.4 Å². The second-order valence-electron chi connectivity index (χ2n) is 8.56. The molecular formula is C28H25ClN4O3. The van der Waals surface area contributed by atoms with Crippen LogP contribution in [0.2, 0.25) is 5.02 Å². The van der Waals surface area contributed by atoms with Crippen molar-refractivity contribution in [2.45, 2.75) is 6.92 Å². The highest BCUT2D eigenvalue weighted by Crippen LogP contribution is 2.32. The standard InChI is InChI=1S/C28H25ClN4O3/c1-19-25(26(31-36-19)21-11-5-7-13-23(21)29)27(34)30-24-14-8-6-12-22(24)28(35)33-17-15-32(16-18-33)20-9-3-2-4-10-20/h2-14H,15-18H2,1H3,(H,30,34). The van der Waals surface area contributed by atoms with E-state index in [-0.39, 0.29) is 11.5 Å². The number of hydrogen-bond acceptors (Lipinski definition) is 5. The lowest BCUT2D eigenvalue weighted by atomic mass is 10.0. The number of rotatable bonds is 5. The Kier molecular flexibility index (Phi) is 6.73. The first kappa shape index (κ1) is 23.6. The van der Waals surface area contributed by atoms with Crippen molar-refractivity contribution in [1.82, 2.24) is 10.1 Å². The Labute approximate surface area is 214 Å². The number of nitrogens with one attached hydrogen (secondary N) is 1. The van der Waals surface area contributed by atoms with Crippen molar-refractivity contribution in [2.75, 3.05) is 36.4 Å². The number of halogens is 1. The van der Waals surface area contributed by atoms with Gasteiger partial charge in [-0.15, -0.1) is 0 Å². The van der Waals surface area contributed by atoms with E-state index in [0.29, 0.717) is 46.4 Å². The number of amides is 2. The van der Waals surface area contributed by atoms with Crippen LogP contribution in [0.4, 0.5) is 11.4 Å². The second-order valence-corrected chi connectivity index (χ2v) is 8.96. The maximum atomic E-state index is 13.4. The molecule has 7 nitrogen and oxygen atoms in total. The average molecular weight is 501 g/mol. The van der Waals surface area contributed by atoms with Gasteiger partial charge in [-0.1, -0.05) is 65.3 Å². The Morgan fingerprint density at radius 2 is 1.56 bits per heavy atom. The number of hydrogen-bond donors (Lipinski definition) is 1. The molecule has 0 saturated carbocycles. The van der Waals surface area contributed by atoms with Crippen molar-refractivity contribution in [1.29, 1.82) is 0 Å². The van der Waals surface area contributed by atoms with Gasteiger partial charge in [-0.3, -0.25) is 9.59 Å². The fourth-order valence-corrected chi connectivity index (χ4v) is 4.64. The number of aryl methyl sites for hydroxylation is 1. The van der Waals surface area contributed by atoms with E-state index >= 15 is 0 Å². The second kappa shape index (κ2) is 10.3. The van der Waals surface area contributed by atoms with E-state index in [9.17, 15) is 9.59 Å². The highest BCUT2D eigenvalue weighted by molar-refractivity contribution is 6.33. The van der Waals surface area contributed by atoms with Crippen molar-refractivity contribution in [2.24, 2.45) is 0 Å². The minimum absolute atomic E-state index is 0.119. The van der Waals surface area contributed by atoms with Crippen LogP contribution in [0.3, 0.4) is 0 Å². The smallest absolute Gasteiger partial charge is 0.261 e. The quantitative estimate of drug-likeness (QED) is 0.390. The number of carbonyl (C=O) groups excluding carboxylic acids is 2. The van der Waals surface area contributed by atoms with Crippen molar-refractivity contribution in [3.05, 3.63) is 101 Å². The summed E-state index contributed by atoms with van der Waals surface area (Å²) in [4.78, 5) is 30.9. The van der Waals surface area contributed by atoms with Crippen LogP contribution in [0, 0.1) is 6.92 Å². The summed E-state index contributed by atoms with van der Waals surface area (Å²) in [5.74, 6) is -0.173. The summed E-state index contributed by atoms with van der Waals surface area (Å²) in [7, 11) is 0. The van der Waals surface area contributed by atoms with Crippen LogP contribution in [0.25, 0.3) is 11.3 Å². The molecule has 182 valence electrons. The minimum atomic E-state index is -0.419. The molecule has 4 aromatic rings. The molecule has 1 saturated heterocycles. The number of para-hydroxylation sites is 2. The molecular weight excluding hydrogens is 476 g/mol. The molecule has 2 amide bonds. The van der Waals surface area contributed by atoms with Crippen LogP contribution in [0.15, 0.2) is 83.4 Å². The third-order valence-corrected chi connectivity index (χ3v) is 6.64. The lowest BCUT2D eigenvalue weighted by molar-refractivity contribution is 0.0748. The molecule has 1 aliphatic heterocycles. The van der Waals surface area contributed by atoms with Gasteiger partial charge in [0.05, 0.1) is 16.3 Å². The normalized spacial score (nSPS) is 13.5. The minimum Gasteiger partial charge on any atom is -0.368 e. The molecule has 5 rings (SSSR count). The lowest BCUT2D eigenvalue weighted by Gasteiger charge is -2.36. The zero-order valence-corrected chi connectivity index (χ0v) is 20.5. The van der Waals surface area contributed by atoms with Crippen molar-refractivity contribution >= 4 is 34.8 Å². The van der Waals surface area contributed by atoms with Crippen molar-refractivity contribution < 1.29 is 14.1 Å². The topological polar surface area (TPSA) is 78.7 Å². The first-order chi connectivity index (χ1) is 17.5. The zero-order valence-electron chi connectivity index (χ0n) is 19.8. The van der Waals surface area contributed by atoms with Crippen LogP contribution in [0.5, 0.6) is 0 Å². The van der Waals surface area contributed by atoms with Crippen LogP contribution in [-0.2, 0) is 0 Å². The van der Waals surface area contributed by atoms with Gasteiger partial charge in [-0.05, 0) is 37.3 Å². The molecule has 0 atom stereocenters. The molecule has 0 bridgehead atoms. The maximum Gasteiger partial charge on any atom is 0.261 e. The van der Waals surface area contributed by atoms with Gasteiger partial charge >= 0.3 is 0 Å². The van der Waals surface area contributed by atoms with E-state index in [1.807, 2.05) is 29.2 Å². The monoisotopic (exact) mass is 500 g/mol. The van der Waals surface area contributed by atoms with E-state index in [0.717, 1.165) is 18.8 Å². The summed E-state index contributed by atoms with van der Waals surface area (Å²) < 4.78 is 5.33. The highest BCUT2D eigenvalue weighted by atomic mass is 35.5. The van der Waals surface area contributed by atoms with Gasteiger partial charge in [0.1, 0.15) is 17.0 Å². The Morgan fingerprint density at radius 1 is 0.889 bits per heavy atom. The first-order valence-electron chi connectivity index (χ1n) is 11.7. The number of benzene rings is 3. The molecule has 8 heteroatoms. The Hall–Kier alpha value is -4.10. The Bertz CT molecular complexity index is 1390.